The Labute approximate surface area is 72.6 Å². The first-order valence-electron chi connectivity index (χ1n) is 3.65. The minimum atomic E-state index is 0.167. The van der Waals surface area contributed by atoms with Crippen molar-refractivity contribution in [2.45, 2.75) is 13.8 Å². The highest BCUT2D eigenvalue weighted by Crippen LogP contribution is 2.00. The number of nitrogens with two attached hydrogens (primary N) is 1. The standard InChI is InChI=1S/C6H8N2.C3H6O/c7-8-6-4-2-1-3-5-6;1-3(2)4/h1-5,8H,7H2;1-2H3. The number of nitrogen functional groups attached to an aromatic ring is 1. The molecule has 0 heterocycles. The molecule has 0 fully saturated rings. The summed E-state index contributed by atoms with van der Waals surface area (Å²) < 4.78 is 0. The first-order chi connectivity index (χ1) is 5.66. The van der Waals surface area contributed by atoms with E-state index in [9.17, 15) is 4.79 Å². The molecule has 0 unspecified atom stereocenters. The van der Waals surface area contributed by atoms with E-state index in [1.807, 2.05) is 30.3 Å². The van der Waals surface area contributed by atoms with E-state index in [1.54, 1.807) is 0 Å². The average Bonchev–Trinajstić information content (AvgIpc) is 2.05. The molecule has 0 radical (unpaired) electrons. The number of para-hydroxylation sites is 1. The zero-order chi connectivity index (χ0) is 9.40. The molecule has 0 atom stereocenters. The lowest BCUT2D eigenvalue weighted by Crippen LogP contribution is -2.05. The van der Waals surface area contributed by atoms with Gasteiger partial charge in [-0.25, -0.2) is 0 Å². The molecule has 0 aliphatic heterocycles. The Morgan fingerprint density at radius 1 is 1.25 bits per heavy atom. The molecule has 0 bridgehead atoms. The Morgan fingerprint density at radius 2 is 1.67 bits per heavy atom. The second-order valence-corrected chi connectivity index (χ2v) is 2.42. The maximum Gasteiger partial charge on any atom is 0.126 e. The molecule has 0 aromatic heterocycles. The van der Waals surface area contributed by atoms with Crippen LogP contribution in [0.15, 0.2) is 30.3 Å². The maximum absolute atomic E-state index is 9.44. The fourth-order valence-corrected chi connectivity index (χ4v) is 0.534. The van der Waals surface area contributed by atoms with Crippen molar-refractivity contribution < 1.29 is 4.79 Å². The van der Waals surface area contributed by atoms with Crippen LogP contribution < -0.4 is 11.3 Å². The molecule has 1 aromatic rings. The van der Waals surface area contributed by atoms with Crippen molar-refractivity contribution in [1.82, 2.24) is 0 Å². The highest BCUT2D eigenvalue weighted by molar-refractivity contribution is 5.72. The van der Waals surface area contributed by atoms with Gasteiger partial charge in [0.25, 0.3) is 0 Å². The fraction of sp³-hybridized carbons (Fsp3) is 0.222. The summed E-state index contributed by atoms with van der Waals surface area (Å²) in [6.07, 6.45) is 0. The maximum atomic E-state index is 9.44. The fourth-order valence-electron chi connectivity index (χ4n) is 0.534. The van der Waals surface area contributed by atoms with Crippen molar-refractivity contribution in [1.29, 1.82) is 0 Å². The van der Waals surface area contributed by atoms with Crippen LogP contribution in [-0.2, 0) is 4.79 Å². The number of carbonyl (C=O) groups is 1. The number of anilines is 1. The average molecular weight is 166 g/mol. The molecule has 0 saturated heterocycles. The van der Waals surface area contributed by atoms with Crippen molar-refractivity contribution >= 4 is 11.5 Å². The number of hydrazine groups is 1. The zero-order valence-electron chi connectivity index (χ0n) is 7.37. The number of Topliss-reactive ketones (excluding diaryl/α,β-unsaturated/α-hetero) is 1. The van der Waals surface area contributed by atoms with E-state index in [2.05, 4.69) is 5.43 Å². The molecule has 3 N–H and O–H groups in total. The number of benzene rings is 1. The Kier molecular flexibility index (Phi) is 5.65. The minimum Gasteiger partial charge on any atom is -0.324 e. The summed E-state index contributed by atoms with van der Waals surface area (Å²) in [6, 6.07) is 9.60. The number of carbonyl (C=O) groups excluding carboxylic acids is 1. The molecule has 3 heteroatoms. The molecule has 66 valence electrons. The molecular weight excluding hydrogens is 152 g/mol. The summed E-state index contributed by atoms with van der Waals surface area (Å²) in [6.45, 7) is 3.06. The van der Waals surface area contributed by atoms with Crippen molar-refractivity contribution in [2.75, 3.05) is 5.43 Å². The monoisotopic (exact) mass is 166 g/mol. The molecule has 12 heavy (non-hydrogen) atoms. The van der Waals surface area contributed by atoms with E-state index in [-0.39, 0.29) is 5.78 Å². The summed E-state index contributed by atoms with van der Waals surface area (Å²) in [5.74, 6) is 5.27. The Balaban J connectivity index is 0.000000261. The lowest BCUT2D eigenvalue weighted by Gasteiger charge is -1.94. The van der Waals surface area contributed by atoms with Crippen molar-refractivity contribution in [3.8, 4) is 0 Å². The van der Waals surface area contributed by atoms with Crippen LogP contribution in [0, 0.1) is 0 Å². The summed E-state index contributed by atoms with van der Waals surface area (Å²) in [7, 11) is 0. The molecule has 1 rings (SSSR count). The SMILES string of the molecule is CC(C)=O.NNc1ccccc1. The molecule has 3 nitrogen and oxygen atoms in total. The molecular formula is C9H14N2O. The number of nitrogens with one attached hydrogen (secondary N) is 1. The Morgan fingerprint density at radius 3 is 1.92 bits per heavy atom. The van der Waals surface area contributed by atoms with Gasteiger partial charge in [0.1, 0.15) is 5.78 Å². The van der Waals surface area contributed by atoms with Crippen molar-refractivity contribution in [3.63, 3.8) is 0 Å². The number of hydrogen-bond acceptors (Lipinski definition) is 3. The third-order valence-electron chi connectivity index (χ3n) is 0.940. The van der Waals surface area contributed by atoms with Gasteiger partial charge in [-0.15, -0.1) is 0 Å². The summed E-state index contributed by atoms with van der Waals surface area (Å²) in [5, 5.41) is 0. The van der Waals surface area contributed by atoms with Crippen LogP contribution in [0.5, 0.6) is 0 Å². The van der Waals surface area contributed by atoms with E-state index >= 15 is 0 Å². The number of hydrogen-bond donors (Lipinski definition) is 2. The first kappa shape index (κ1) is 10.7. The van der Waals surface area contributed by atoms with Crippen LogP contribution in [0.2, 0.25) is 0 Å². The minimum absolute atomic E-state index is 0.167. The molecule has 0 aliphatic rings. The van der Waals surface area contributed by atoms with Crippen LogP contribution in [0.3, 0.4) is 0 Å². The molecule has 1 aromatic carbocycles. The molecule has 0 spiro atoms. The van der Waals surface area contributed by atoms with Crippen LogP contribution in [-0.4, -0.2) is 5.78 Å². The second-order valence-electron chi connectivity index (χ2n) is 2.42. The van der Waals surface area contributed by atoms with Crippen molar-refractivity contribution in [3.05, 3.63) is 30.3 Å². The van der Waals surface area contributed by atoms with Crippen molar-refractivity contribution in [2.24, 2.45) is 5.84 Å². The van der Waals surface area contributed by atoms with Gasteiger partial charge in [-0.1, -0.05) is 18.2 Å². The first-order valence-corrected chi connectivity index (χ1v) is 3.65. The van der Waals surface area contributed by atoms with Crippen LogP contribution in [0.4, 0.5) is 5.69 Å². The van der Waals surface area contributed by atoms with Gasteiger partial charge in [0.05, 0.1) is 0 Å². The number of rotatable bonds is 1. The van der Waals surface area contributed by atoms with Crippen LogP contribution >= 0.6 is 0 Å². The van der Waals surface area contributed by atoms with Gasteiger partial charge in [-0.3, -0.25) is 5.84 Å². The van der Waals surface area contributed by atoms with E-state index in [4.69, 9.17) is 5.84 Å². The van der Waals surface area contributed by atoms with Gasteiger partial charge in [0.2, 0.25) is 0 Å². The van der Waals surface area contributed by atoms with E-state index < -0.39 is 0 Å². The summed E-state index contributed by atoms with van der Waals surface area (Å²) in [5.41, 5.74) is 3.46. The van der Waals surface area contributed by atoms with E-state index in [0.29, 0.717) is 0 Å². The molecule has 0 saturated carbocycles. The largest absolute Gasteiger partial charge is 0.324 e. The highest BCUT2D eigenvalue weighted by Gasteiger charge is 1.78. The third-order valence-corrected chi connectivity index (χ3v) is 0.940. The van der Waals surface area contributed by atoms with Gasteiger partial charge < -0.3 is 10.2 Å². The van der Waals surface area contributed by atoms with Gasteiger partial charge in [0, 0.05) is 5.69 Å². The predicted molar refractivity (Wildman–Crippen MR) is 50.6 cm³/mol. The third kappa shape index (κ3) is 6.77. The number of ketones is 1. The lowest BCUT2D eigenvalue weighted by atomic mass is 10.3. The molecule has 0 aliphatic carbocycles. The quantitative estimate of drug-likeness (QED) is 0.492. The van der Waals surface area contributed by atoms with Gasteiger partial charge in [-0.05, 0) is 26.0 Å². The predicted octanol–water partition coefficient (Wildman–Crippen LogP) is 1.57. The van der Waals surface area contributed by atoms with Gasteiger partial charge >= 0.3 is 0 Å². The second kappa shape index (κ2) is 6.37. The highest BCUT2D eigenvalue weighted by atomic mass is 16.1. The lowest BCUT2D eigenvalue weighted by molar-refractivity contribution is -0.114. The molecule has 0 amide bonds. The summed E-state index contributed by atoms with van der Waals surface area (Å²) in [4.78, 5) is 9.44. The summed E-state index contributed by atoms with van der Waals surface area (Å²) >= 11 is 0. The van der Waals surface area contributed by atoms with Gasteiger partial charge in [-0.2, -0.15) is 0 Å². The van der Waals surface area contributed by atoms with Crippen LogP contribution in [0.25, 0.3) is 0 Å². The van der Waals surface area contributed by atoms with Crippen LogP contribution in [0.1, 0.15) is 13.8 Å². The smallest absolute Gasteiger partial charge is 0.126 e. The van der Waals surface area contributed by atoms with E-state index in [0.717, 1.165) is 5.69 Å². The zero-order valence-corrected chi connectivity index (χ0v) is 7.37. The topological polar surface area (TPSA) is 55.1 Å². The van der Waals surface area contributed by atoms with Gasteiger partial charge in [0.15, 0.2) is 0 Å². The van der Waals surface area contributed by atoms with E-state index in [1.165, 1.54) is 13.8 Å². The Hall–Kier alpha value is -1.35. The Bertz CT molecular complexity index is 217. The normalized spacial score (nSPS) is 7.92.